The average molecular weight is 441 g/mol. The zero-order chi connectivity index (χ0) is 22.9. The molecule has 0 aliphatic carbocycles. The minimum atomic E-state index is -4.55. The molecular formula is C23H22F3N5O. The monoisotopic (exact) mass is 441 g/mol. The van der Waals surface area contributed by atoms with Crippen LogP contribution in [0.3, 0.4) is 0 Å². The van der Waals surface area contributed by atoms with Crippen LogP contribution in [0.4, 0.5) is 30.4 Å². The van der Waals surface area contributed by atoms with E-state index in [1.54, 1.807) is 18.3 Å². The Bertz CT molecular complexity index is 1130. The molecule has 1 N–H and O–H groups in total. The van der Waals surface area contributed by atoms with Crippen LogP contribution < -0.4 is 10.2 Å². The maximum absolute atomic E-state index is 13.3. The third-order valence-corrected chi connectivity index (χ3v) is 5.26. The van der Waals surface area contributed by atoms with E-state index >= 15 is 0 Å². The number of aromatic nitrogens is 3. The second kappa shape index (κ2) is 8.57. The van der Waals surface area contributed by atoms with E-state index in [0.29, 0.717) is 48.6 Å². The number of nitrogens with zero attached hydrogens (tertiary/aromatic N) is 4. The van der Waals surface area contributed by atoms with Gasteiger partial charge in [0.2, 0.25) is 0 Å². The number of Topliss-reactive ketones (excluding diaryl/α,β-unsaturated/α-hetero) is 1. The Morgan fingerprint density at radius 3 is 2.34 bits per heavy atom. The zero-order valence-corrected chi connectivity index (χ0v) is 17.7. The molecule has 166 valence electrons. The van der Waals surface area contributed by atoms with Crippen molar-refractivity contribution < 1.29 is 18.0 Å². The van der Waals surface area contributed by atoms with Gasteiger partial charge in [-0.2, -0.15) is 13.2 Å². The van der Waals surface area contributed by atoms with Gasteiger partial charge in [0.1, 0.15) is 17.3 Å². The predicted molar refractivity (Wildman–Crippen MR) is 116 cm³/mol. The molecule has 3 aromatic rings. The number of nitrogens with one attached hydrogen (secondary N) is 1. The molecule has 1 aliphatic heterocycles. The lowest BCUT2D eigenvalue weighted by Crippen LogP contribution is -2.34. The molecule has 6 nitrogen and oxygen atoms in total. The number of piperidine rings is 1. The van der Waals surface area contributed by atoms with E-state index in [4.69, 9.17) is 0 Å². The molecule has 0 atom stereocenters. The molecule has 0 bridgehead atoms. The third kappa shape index (κ3) is 4.87. The Kier molecular flexibility index (Phi) is 5.82. The van der Waals surface area contributed by atoms with Crippen molar-refractivity contribution >= 4 is 23.0 Å². The van der Waals surface area contributed by atoms with Crippen LogP contribution in [0, 0.1) is 13.8 Å². The topological polar surface area (TPSA) is 71.0 Å². The van der Waals surface area contributed by atoms with Gasteiger partial charge < -0.3 is 10.2 Å². The summed E-state index contributed by atoms with van der Waals surface area (Å²) in [5.41, 5.74) is 2.94. The van der Waals surface area contributed by atoms with Crippen LogP contribution in [0.25, 0.3) is 11.1 Å². The fourth-order valence-corrected chi connectivity index (χ4v) is 3.76. The summed E-state index contributed by atoms with van der Waals surface area (Å²) in [5.74, 6) is 0.817. The number of alkyl halides is 3. The van der Waals surface area contributed by atoms with Gasteiger partial charge in [-0.1, -0.05) is 0 Å². The van der Waals surface area contributed by atoms with Crippen molar-refractivity contribution in [3.05, 3.63) is 59.8 Å². The Morgan fingerprint density at radius 2 is 1.69 bits per heavy atom. The number of carbonyl (C=O) groups excluding carboxylic acids is 1. The molecule has 0 amide bonds. The summed E-state index contributed by atoms with van der Waals surface area (Å²) < 4.78 is 39.9. The first kappa shape index (κ1) is 21.7. The molecule has 0 aromatic carbocycles. The van der Waals surface area contributed by atoms with Gasteiger partial charge in [0.15, 0.2) is 0 Å². The second-order valence-corrected chi connectivity index (χ2v) is 7.80. The lowest BCUT2D eigenvalue weighted by Gasteiger charge is -2.28. The zero-order valence-electron chi connectivity index (χ0n) is 17.7. The molecule has 4 heterocycles. The molecule has 1 fully saturated rings. The Labute approximate surface area is 183 Å². The maximum atomic E-state index is 13.3. The lowest BCUT2D eigenvalue weighted by atomic mass is 10.0. The van der Waals surface area contributed by atoms with Gasteiger partial charge >= 0.3 is 6.18 Å². The fourth-order valence-electron chi connectivity index (χ4n) is 3.76. The van der Waals surface area contributed by atoms with E-state index in [1.165, 1.54) is 0 Å². The smallest absolute Gasteiger partial charge is 0.356 e. The highest BCUT2D eigenvalue weighted by Crippen LogP contribution is 2.36. The maximum Gasteiger partial charge on any atom is 0.433 e. The molecule has 4 rings (SSSR count). The number of pyridine rings is 3. The number of hydrogen-bond donors (Lipinski definition) is 1. The van der Waals surface area contributed by atoms with Crippen LogP contribution in [0.5, 0.6) is 0 Å². The van der Waals surface area contributed by atoms with Gasteiger partial charge in [-0.05, 0) is 49.7 Å². The molecule has 32 heavy (non-hydrogen) atoms. The summed E-state index contributed by atoms with van der Waals surface area (Å²) in [6.45, 7) is 4.81. The van der Waals surface area contributed by atoms with Gasteiger partial charge in [0, 0.05) is 54.8 Å². The molecule has 1 aliphatic rings. The summed E-state index contributed by atoms with van der Waals surface area (Å²) in [6, 6.07) is 8.05. The van der Waals surface area contributed by atoms with Crippen molar-refractivity contribution in [2.24, 2.45) is 0 Å². The molecule has 3 aromatic heterocycles. The van der Waals surface area contributed by atoms with E-state index in [2.05, 4.69) is 20.3 Å². The highest BCUT2D eigenvalue weighted by atomic mass is 19.4. The van der Waals surface area contributed by atoms with Gasteiger partial charge in [-0.15, -0.1) is 0 Å². The highest BCUT2D eigenvalue weighted by molar-refractivity contribution is 5.84. The van der Waals surface area contributed by atoms with Crippen LogP contribution in [-0.2, 0) is 11.0 Å². The molecule has 1 saturated heterocycles. The van der Waals surface area contributed by atoms with E-state index < -0.39 is 11.9 Å². The molecule has 9 heteroatoms. The van der Waals surface area contributed by atoms with Crippen molar-refractivity contribution in [2.75, 3.05) is 23.3 Å². The second-order valence-electron chi connectivity index (χ2n) is 7.80. The molecule has 0 radical (unpaired) electrons. The SMILES string of the molecule is Cc1cc(Nc2cnc(N3CCC(=O)CC3)cc2-c2ccnc(C(F)(F)F)c2)cc(C)n1. The number of ketones is 1. The molecular weight excluding hydrogens is 419 g/mol. The quantitative estimate of drug-likeness (QED) is 0.608. The summed E-state index contributed by atoms with van der Waals surface area (Å²) in [4.78, 5) is 25.9. The number of carbonyl (C=O) groups is 1. The minimum Gasteiger partial charge on any atom is -0.356 e. The molecule has 0 unspecified atom stereocenters. The highest BCUT2D eigenvalue weighted by Gasteiger charge is 2.32. The Balaban J connectivity index is 1.78. The van der Waals surface area contributed by atoms with E-state index in [1.807, 2.05) is 30.9 Å². The number of rotatable bonds is 4. The van der Waals surface area contributed by atoms with Crippen molar-refractivity contribution in [3.63, 3.8) is 0 Å². The van der Waals surface area contributed by atoms with Gasteiger partial charge in [-0.3, -0.25) is 14.8 Å². The van der Waals surface area contributed by atoms with Crippen molar-refractivity contribution in [1.82, 2.24) is 15.0 Å². The Morgan fingerprint density at radius 1 is 1.00 bits per heavy atom. The van der Waals surface area contributed by atoms with E-state index in [-0.39, 0.29) is 5.78 Å². The Hall–Kier alpha value is -3.49. The van der Waals surface area contributed by atoms with Crippen LogP contribution in [0.1, 0.15) is 29.9 Å². The van der Waals surface area contributed by atoms with Crippen molar-refractivity contribution in [1.29, 1.82) is 0 Å². The van der Waals surface area contributed by atoms with Crippen molar-refractivity contribution in [3.8, 4) is 11.1 Å². The number of aryl methyl sites for hydroxylation is 2. The average Bonchev–Trinajstić information content (AvgIpc) is 2.73. The van der Waals surface area contributed by atoms with Gasteiger partial charge in [0.25, 0.3) is 0 Å². The van der Waals surface area contributed by atoms with Gasteiger partial charge in [-0.25, -0.2) is 4.98 Å². The number of anilines is 3. The first-order valence-electron chi connectivity index (χ1n) is 10.2. The van der Waals surface area contributed by atoms with Crippen LogP contribution in [-0.4, -0.2) is 33.8 Å². The normalized spacial score (nSPS) is 14.5. The van der Waals surface area contributed by atoms with Crippen LogP contribution in [0.15, 0.2) is 42.7 Å². The molecule has 0 spiro atoms. The summed E-state index contributed by atoms with van der Waals surface area (Å²) in [5, 5.41) is 3.27. The van der Waals surface area contributed by atoms with Crippen LogP contribution >= 0.6 is 0 Å². The lowest BCUT2D eigenvalue weighted by molar-refractivity contribution is -0.141. The summed E-state index contributed by atoms with van der Waals surface area (Å²) in [6.07, 6.45) is -0.922. The number of hydrogen-bond acceptors (Lipinski definition) is 6. The first-order valence-corrected chi connectivity index (χ1v) is 10.2. The minimum absolute atomic E-state index is 0.201. The molecule has 0 saturated carbocycles. The van der Waals surface area contributed by atoms with Gasteiger partial charge in [0.05, 0.1) is 11.9 Å². The van der Waals surface area contributed by atoms with E-state index in [0.717, 1.165) is 29.3 Å². The predicted octanol–water partition coefficient (Wildman–Crippen LogP) is 5.09. The third-order valence-electron chi connectivity index (χ3n) is 5.26. The largest absolute Gasteiger partial charge is 0.433 e. The number of halogens is 3. The standard InChI is InChI=1S/C23H22F3N5O/c1-14-9-17(10-15(2)29-14)30-20-13-28-22(31-7-4-18(32)5-8-31)12-19(20)16-3-6-27-21(11-16)23(24,25)26/h3,6,9-13H,4-5,7-8H2,1-2H3,(H,29,30). The van der Waals surface area contributed by atoms with E-state index in [9.17, 15) is 18.0 Å². The van der Waals surface area contributed by atoms with Crippen molar-refractivity contribution in [2.45, 2.75) is 32.9 Å². The fraction of sp³-hybridized carbons (Fsp3) is 0.304. The summed E-state index contributed by atoms with van der Waals surface area (Å²) >= 11 is 0. The first-order chi connectivity index (χ1) is 15.2. The van der Waals surface area contributed by atoms with Crippen LogP contribution in [0.2, 0.25) is 0 Å². The summed E-state index contributed by atoms with van der Waals surface area (Å²) in [7, 11) is 0.